The maximum Gasteiger partial charge on any atom is 0.273 e. The fraction of sp³-hybridized carbons (Fsp3) is 0.158. The van der Waals surface area contributed by atoms with Gasteiger partial charge in [-0.3, -0.25) is 9.59 Å². The molecule has 0 radical (unpaired) electrons. The van der Waals surface area contributed by atoms with Crippen LogP contribution in [0.3, 0.4) is 0 Å². The molecule has 1 heterocycles. The number of aromatic amines is 1. The average molecular weight is 372 g/mol. The van der Waals surface area contributed by atoms with Gasteiger partial charge in [-0.2, -0.15) is 0 Å². The smallest absolute Gasteiger partial charge is 0.273 e. The molecule has 0 saturated carbocycles. The number of nitrogens with zero attached hydrogens (tertiary/aromatic N) is 1. The van der Waals surface area contributed by atoms with Crippen molar-refractivity contribution in [1.82, 2.24) is 9.88 Å². The van der Waals surface area contributed by atoms with E-state index in [1.807, 2.05) is 24.3 Å². The number of hydrogen-bond donors (Lipinski definition) is 2. The maximum atomic E-state index is 12.5. The molecule has 3 aromatic rings. The topological polar surface area (TPSA) is 74.4 Å². The van der Waals surface area contributed by atoms with Crippen LogP contribution in [-0.2, 0) is 4.79 Å². The Labute approximate surface area is 155 Å². The minimum atomic E-state index is -0.331. The second-order valence-corrected chi connectivity index (χ2v) is 6.29. The molecular formula is C19H18ClN3O3. The molecule has 0 aliphatic carbocycles. The predicted molar refractivity (Wildman–Crippen MR) is 102 cm³/mol. The van der Waals surface area contributed by atoms with Gasteiger partial charge in [0.2, 0.25) is 0 Å². The van der Waals surface area contributed by atoms with Gasteiger partial charge in [-0.25, -0.2) is 0 Å². The lowest BCUT2D eigenvalue weighted by atomic mass is 10.2. The quantitative estimate of drug-likeness (QED) is 0.720. The molecule has 26 heavy (non-hydrogen) atoms. The molecule has 0 atom stereocenters. The fourth-order valence-electron chi connectivity index (χ4n) is 2.37. The first-order valence-electron chi connectivity index (χ1n) is 7.96. The minimum absolute atomic E-state index is 0.0383. The summed E-state index contributed by atoms with van der Waals surface area (Å²) in [7, 11) is 3.33. The molecule has 0 aliphatic rings. The van der Waals surface area contributed by atoms with E-state index in [2.05, 4.69) is 10.3 Å². The van der Waals surface area contributed by atoms with Crippen molar-refractivity contribution in [3.05, 3.63) is 59.2 Å². The van der Waals surface area contributed by atoms with Gasteiger partial charge in [0.25, 0.3) is 11.8 Å². The highest BCUT2D eigenvalue weighted by atomic mass is 35.5. The van der Waals surface area contributed by atoms with Crippen LogP contribution in [0.4, 0.5) is 5.69 Å². The van der Waals surface area contributed by atoms with Gasteiger partial charge >= 0.3 is 0 Å². The average Bonchev–Trinajstić information content (AvgIpc) is 2.98. The van der Waals surface area contributed by atoms with E-state index in [0.717, 1.165) is 10.9 Å². The van der Waals surface area contributed by atoms with Crippen LogP contribution >= 0.6 is 11.6 Å². The lowest BCUT2D eigenvalue weighted by molar-refractivity contribution is -0.130. The van der Waals surface area contributed by atoms with Gasteiger partial charge in [0.05, 0.1) is 5.02 Å². The van der Waals surface area contributed by atoms with Gasteiger partial charge in [-0.15, -0.1) is 0 Å². The molecule has 6 nitrogen and oxygen atoms in total. The van der Waals surface area contributed by atoms with E-state index < -0.39 is 0 Å². The van der Waals surface area contributed by atoms with Crippen molar-refractivity contribution < 1.29 is 14.3 Å². The molecule has 2 amide bonds. The Kier molecular flexibility index (Phi) is 5.14. The van der Waals surface area contributed by atoms with Crippen LogP contribution in [0.15, 0.2) is 48.5 Å². The number of carbonyl (C=O) groups is 2. The van der Waals surface area contributed by atoms with Crippen molar-refractivity contribution in [2.75, 3.05) is 26.0 Å². The lowest BCUT2D eigenvalue weighted by Crippen LogP contribution is -2.27. The number of rotatable bonds is 5. The van der Waals surface area contributed by atoms with E-state index in [9.17, 15) is 9.59 Å². The van der Waals surface area contributed by atoms with Crippen molar-refractivity contribution in [2.24, 2.45) is 0 Å². The Balaban J connectivity index is 1.67. The largest absolute Gasteiger partial charge is 0.484 e. The third kappa shape index (κ3) is 3.81. The number of H-pyrrole nitrogens is 1. The summed E-state index contributed by atoms with van der Waals surface area (Å²) < 4.78 is 5.40. The highest BCUT2D eigenvalue weighted by Gasteiger charge is 2.16. The van der Waals surface area contributed by atoms with E-state index >= 15 is 0 Å². The molecule has 0 unspecified atom stereocenters. The summed E-state index contributed by atoms with van der Waals surface area (Å²) in [5, 5.41) is 3.97. The van der Waals surface area contributed by atoms with Crippen molar-refractivity contribution in [2.45, 2.75) is 0 Å². The molecule has 134 valence electrons. The van der Waals surface area contributed by atoms with Crippen LogP contribution in [0, 0.1) is 0 Å². The molecule has 2 aromatic carbocycles. The summed E-state index contributed by atoms with van der Waals surface area (Å²) in [6.45, 7) is -0.0383. The molecule has 3 rings (SSSR count). The number of likely N-dealkylation sites (N-methyl/N-ethyl adjacent to an activating group) is 1. The number of halogens is 1. The van der Waals surface area contributed by atoms with Crippen LogP contribution in [0.25, 0.3) is 10.9 Å². The van der Waals surface area contributed by atoms with Gasteiger partial charge in [0, 0.05) is 30.7 Å². The monoisotopic (exact) mass is 371 g/mol. The SMILES string of the molecule is CN(C)C(=O)COc1ccc(NC(=O)c2[nH]c3ccccc3c2Cl)cc1. The Morgan fingerprint density at radius 2 is 1.81 bits per heavy atom. The number of hydrogen-bond acceptors (Lipinski definition) is 3. The molecule has 0 bridgehead atoms. The van der Waals surface area contributed by atoms with E-state index in [-0.39, 0.29) is 18.4 Å². The van der Waals surface area contributed by atoms with Crippen molar-refractivity contribution in [1.29, 1.82) is 0 Å². The first kappa shape index (κ1) is 17.8. The lowest BCUT2D eigenvalue weighted by Gasteiger charge is -2.11. The summed E-state index contributed by atoms with van der Waals surface area (Å²) in [5.74, 6) is 0.0836. The summed E-state index contributed by atoms with van der Waals surface area (Å²) in [4.78, 5) is 28.5. The summed E-state index contributed by atoms with van der Waals surface area (Å²) in [5.41, 5.74) is 1.71. The number of fused-ring (bicyclic) bond motifs is 1. The third-order valence-electron chi connectivity index (χ3n) is 3.84. The van der Waals surface area contributed by atoms with Crippen LogP contribution in [-0.4, -0.2) is 42.4 Å². The summed E-state index contributed by atoms with van der Waals surface area (Å²) >= 11 is 6.29. The number of nitrogens with one attached hydrogen (secondary N) is 2. The third-order valence-corrected chi connectivity index (χ3v) is 4.24. The Morgan fingerprint density at radius 1 is 1.12 bits per heavy atom. The summed E-state index contributed by atoms with van der Waals surface area (Å²) in [6, 6.07) is 14.2. The van der Waals surface area contributed by atoms with Crippen molar-refractivity contribution in [3.8, 4) is 5.75 Å². The molecule has 0 saturated heterocycles. The number of benzene rings is 2. The first-order valence-corrected chi connectivity index (χ1v) is 8.34. The van der Waals surface area contributed by atoms with Crippen LogP contribution in [0.2, 0.25) is 5.02 Å². The predicted octanol–water partition coefficient (Wildman–Crippen LogP) is 3.54. The van der Waals surface area contributed by atoms with Gasteiger partial charge in [0.1, 0.15) is 11.4 Å². The van der Waals surface area contributed by atoms with E-state index in [4.69, 9.17) is 16.3 Å². The van der Waals surface area contributed by atoms with Crippen LogP contribution < -0.4 is 10.1 Å². The van der Waals surface area contributed by atoms with Crippen LogP contribution in [0.1, 0.15) is 10.5 Å². The normalized spacial score (nSPS) is 10.6. The van der Waals surface area contributed by atoms with E-state index in [0.29, 0.717) is 22.2 Å². The van der Waals surface area contributed by atoms with Gasteiger partial charge in [-0.05, 0) is 30.3 Å². The number of anilines is 1. The number of ether oxygens (including phenoxy) is 1. The van der Waals surface area contributed by atoms with E-state index in [1.54, 1.807) is 38.4 Å². The second-order valence-electron chi connectivity index (χ2n) is 5.91. The van der Waals surface area contributed by atoms with Gasteiger partial charge in [0.15, 0.2) is 6.61 Å². The molecule has 2 N–H and O–H groups in total. The standard InChI is InChI=1S/C19H18ClN3O3/c1-23(2)16(24)11-26-13-9-7-12(8-10-13)21-19(25)18-17(20)14-5-3-4-6-15(14)22-18/h3-10,22H,11H2,1-2H3,(H,21,25). The zero-order valence-corrected chi connectivity index (χ0v) is 15.1. The number of carbonyl (C=O) groups excluding carboxylic acids is 2. The zero-order valence-electron chi connectivity index (χ0n) is 14.4. The Bertz CT molecular complexity index is 948. The zero-order chi connectivity index (χ0) is 18.7. The maximum absolute atomic E-state index is 12.5. The number of para-hydroxylation sites is 1. The van der Waals surface area contributed by atoms with Crippen molar-refractivity contribution >= 4 is 40.0 Å². The minimum Gasteiger partial charge on any atom is -0.484 e. The molecule has 7 heteroatoms. The van der Waals surface area contributed by atoms with Crippen molar-refractivity contribution in [3.63, 3.8) is 0 Å². The number of amides is 2. The van der Waals surface area contributed by atoms with Gasteiger partial charge < -0.3 is 19.9 Å². The highest BCUT2D eigenvalue weighted by Crippen LogP contribution is 2.28. The van der Waals surface area contributed by atoms with E-state index in [1.165, 1.54) is 4.90 Å². The highest BCUT2D eigenvalue weighted by molar-refractivity contribution is 6.39. The first-order chi connectivity index (χ1) is 12.5. The Hall–Kier alpha value is -2.99. The molecule has 0 aliphatic heterocycles. The fourth-order valence-corrected chi connectivity index (χ4v) is 2.66. The molecular weight excluding hydrogens is 354 g/mol. The summed E-state index contributed by atoms with van der Waals surface area (Å²) in [6.07, 6.45) is 0. The molecule has 1 aromatic heterocycles. The number of aromatic nitrogens is 1. The second kappa shape index (κ2) is 7.49. The van der Waals surface area contributed by atoms with Crippen LogP contribution in [0.5, 0.6) is 5.75 Å². The Morgan fingerprint density at radius 3 is 2.46 bits per heavy atom. The molecule has 0 spiro atoms. The molecule has 0 fully saturated rings. The van der Waals surface area contributed by atoms with Gasteiger partial charge in [-0.1, -0.05) is 29.8 Å².